The molecule has 0 saturated heterocycles. The smallest absolute Gasteiger partial charge is 0.363 e. The molecule has 0 atom stereocenters. The van der Waals surface area contributed by atoms with Gasteiger partial charge in [-0.3, -0.25) is 0 Å². The summed E-state index contributed by atoms with van der Waals surface area (Å²) in [6.45, 7) is 4.36. The van der Waals surface area contributed by atoms with Crippen molar-refractivity contribution in [3.63, 3.8) is 0 Å². The molecule has 0 fully saturated rings. The predicted molar refractivity (Wildman–Crippen MR) is 109 cm³/mol. The highest BCUT2D eigenvalue weighted by molar-refractivity contribution is 7.89. The molecule has 0 spiro atoms. The van der Waals surface area contributed by atoms with Crippen LogP contribution in [0.25, 0.3) is 6.08 Å². The number of rotatable bonds is 6. The summed E-state index contributed by atoms with van der Waals surface area (Å²) in [5.41, 5.74) is 1.45. The number of ether oxygens (including phenoxy) is 1. The molecule has 2 aromatic rings. The molecule has 0 bridgehead atoms. The van der Waals surface area contributed by atoms with Gasteiger partial charge in [-0.25, -0.2) is 18.2 Å². The first-order chi connectivity index (χ1) is 13.3. The summed E-state index contributed by atoms with van der Waals surface area (Å²) < 4.78 is 31.7. The highest BCUT2D eigenvalue weighted by atomic mass is 35.5. The fraction of sp³-hybridized carbons (Fsp3) is 0.200. The SMILES string of the molecule is CCN(CC)S(=O)(=O)c1ccc(C2=N/C(=C\c3ccc(Cl)cc3)C(=O)O2)cc1. The third-order valence-electron chi connectivity index (χ3n) is 4.24. The Labute approximate surface area is 169 Å². The van der Waals surface area contributed by atoms with Crippen molar-refractivity contribution in [1.82, 2.24) is 4.31 Å². The van der Waals surface area contributed by atoms with E-state index >= 15 is 0 Å². The number of cyclic esters (lactones) is 1. The van der Waals surface area contributed by atoms with Crippen LogP contribution in [-0.4, -0.2) is 37.7 Å². The quantitative estimate of drug-likeness (QED) is 0.529. The normalized spacial score (nSPS) is 15.8. The zero-order valence-electron chi connectivity index (χ0n) is 15.4. The minimum atomic E-state index is -3.54. The molecule has 0 N–H and O–H groups in total. The summed E-state index contributed by atoms with van der Waals surface area (Å²) in [6.07, 6.45) is 1.60. The van der Waals surface area contributed by atoms with E-state index in [1.165, 1.54) is 16.4 Å². The Morgan fingerprint density at radius 3 is 2.21 bits per heavy atom. The summed E-state index contributed by atoms with van der Waals surface area (Å²) in [5, 5.41) is 0.597. The highest BCUT2D eigenvalue weighted by Gasteiger charge is 2.26. The topological polar surface area (TPSA) is 76.0 Å². The fourth-order valence-corrected chi connectivity index (χ4v) is 4.32. The Kier molecular flexibility index (Phi) is 5.98. The van der Waals surface area contributed by atoms with Crippen LogP contribution in [0.4, 0.5) is 0 Å². The van der Waals surface area contributed by atoms with Crippen LogP contribution in [0.2, 0.25) is 5.02 Å². The lowest BCUT2D eigenvalue weighted by molar-refractivity contribution is -0.129. The van der Waals surface area contributed by atoms with E-state index in [0.717, 1.165) is 5.56 Å². The van der Waals surface area contributed by atoms with Gasteiger partial charge in [0, 0.05) is 23.7 Å². The third-order valence-corrected chi connectivity index (χ3v) is 6.55. The van der Waals surface area contributed by atoms with Gasteiger partial charge in [0.25, 0.3) is 0 Å². The number of aliphatic imine (C=N–C) groups is 1. The number of carbonyl (C=O) groups is 1. The van der Waals surface area contributed by atoms with E-state index in [9.17, 15) is 13.2 Å². The predicted octanol–water partition coefficient (Wildman–Crippen LogP) is 3.72. The van der Waals surface area contributed by atoms with Gasteiger partial charge in [0.2, 0.25) is 15.9 Å². The molecule has 0 unspecified atom stereocenters. The molecule has 1 aliphatic rings. The minimum Gasteiger partial charge on any atom is -0.402 e. The van der Waals surface area contributed by atoms with Crippen molar-refractivity contribution >= 4 is 39.6 Å². The lowest BCUT2D eigenvalue weighted by Crippen LogP contribution is -2.30. The van der Waals surface area contributed by atoms with E-state index in [4.69, 9.17) is 16.3 Å². The maximum Gasteiger partial charge on any atom is 0.363 e. The van der Waals surface area contributed by atoms with Gasteiger partial charge in [0.1, 0.15) is 0 Å². The van der Waals surface area contributed by atoms with Gasteiger partial charge in [-0.1, -0.05) is 37.6 Å². The Morgan fingerprint density at radius 2 is 1.64 bits per heavy atom. The molecule has 6 nitrogen and oxygen atoms in total. The van der Waals surface area contributed by atoms with Crippen LogP contribution < -0.4 is 0 Å². The van der Waals surface area contributed by atoms with E-state index in [1.807, 2.05) is 0 Å². The molecule has 1 heterocycles. The maximum absolute atomic E-state index is 12.6. The van der Waals surface area contributed by atoms with Crippen LogP contribution in [0.3, 0.4) is 0 Å². The van der Waals surface area contributed by atoms with E-state index in [-0.39, 0.29) is 16.5 Å². The van der Waals surface area contributed by atoms with Crippen molar-refractivity contribution in [2.24, 2.45) is 4.99 Å². The molecule has 0 aliphatic carbocycles. The number of halogens is 1. The lowest BCUT2D eigenvalue weighted by atomic mass is 10.2. The number of sulfonamides is 1. The van der Waals surface area contributed by atoms with Crippen molar-refractivity contribution in [3.05, 3.63) is 70.4 Å². The Morgan fingerprint density at radius 1 is 1.04 bits per heavy atom. The molecular formula is C20H19ClN2O4S. The Bertz CT molecular complexity index is 1040. The molecule has 3 rings (SSSR count). The summed E-state index contributed by atoms with van der Waals surface area (Å²) in [5.74, 6) is -0.429. The van der Waals surface area contributed by atoms with E-state index in [0.29, 0.717) is 23.7 Å². The first-order valence-corrected chi connectivity index (χ1v) is 10.6. The number of hydrogen-bond donors (Lipinski definition) is 0. The average Bonchev–Trinajstić information content (AvgIpc) is 3.05. The second-order valence-corrected chi connectivity index (χ2v) is 8.38. The van der Waals surface area contributed by atoms with E-state index in [1.54, 1.807) is 56.3 Å². The molecule has 146 valence electrons. The second kappa shape index (κ2) is 8.26. The molecule has 1 aliphatic heterocycles. The van der Waals surface area contributed by atoms with Crippen molar-refractivity contribution in [2.45, 2.75) is 18.7 Å². The fourth-order valence-electron chi connectivity index (χ4n) is 2.73. The van der Waals surface area contributed by atoms with Gasteiger partial charge in [0.05, 0.1) is 4.90 Å². The summed E-state index contributed by atoms with van der Waals surface area (Å²) in [4.78, 5) is 16.5. The van der Waals surface area contributed by atoms with Crippen LogP contribution in [0.5, 0.6) is 0 Å². The number of benzene rings is 2. The van der Waals surface area contributed by atoms with Crippen LogP contribution in [-0.2, 0) is 19.6 Å². The number of hydrogen-bond acceptors (Lipinski definition) is 5. The second-order valence-electron chi connectivity index (χ2n) is 6.00. The third kappa shape index (κ3) is 4.16. The number of nitrogens with zero attached hydrogens (tertiary/aromatic N) is 2. The number of esters is 1. The van der Waals surface area contributed by atoms with Crippen molar-refractivity contribution in [1.29, 1.82) is 0 Å². The largest absolute Gasteiger partial charge is 0.402 e. The highest BCUT2D eigenvalue weighted by Crippen LogP contribution is 2.22. The van der Waals surface area contributed by atoms with Gasteiger partial charge < -0.3 is 4.74 Å². The molecule has 8 heteroatoms. The van der Waals surface area contributed by atoms with Gasteiger partial charge in [-0.15, -0.1) is 0 Å². The van der Waals surface area contributed by atoms with Gasteiger partial charge in [0.15, 0.2) is 5.70 Å². The first-order valence-electron chi connectivity index (χ1n) is 8.74. The van der Waals surface area contributed by atoms with E-state index < -0.39 is 16.0 Å². The molecule has 0 aromatic heterocycles. The van der Waals surface area contributed by atoms with Crippen LogP contribution in [0.15, 0.2) is 64.1 Å². The number of carbonyl (C=O) groups excluding carboxylic acids is 1. The minimum absolute atomic E-state index is 0.136. The lowest BCUT2D eigenvalue weighted by Gasteiger charge is -2.18. The average molecular weight is 419 g/mol. The van der Waals surface area contributed by atoms with Gasteiger partial charge in [-0.05, 0) is 48.0 Å². The molecule has 2 aromatic carbocycles. The van der Waals surface area contributed by atoms with Crippen LogP contribution >= 0.6 is 11.6 Å². The molecule has 0 radical (unpaired) electrons. The van der Waals surface area contributed by atoms with E-state index in [2.05, 4.69) is 4.99 Å². The zero-order chi connectivity index (χ0) is 20.3. The first kappa shape index (κ1) is 20.3. The van der Waals surface area contributed by atoms with Crippen molar-refractivity contribution < 1.29 is 17.9 Å². The Hall–Kier alpha value is -2.48. The summed E-state index contributed by atoms with van der Waals surface area (Å²) in [7, 11) is -3.54. The van der Waals surface area contributed by atoms with Crippen molar-refractivity contribution in [3.8, 4) is 0 Å². The van der Waals surface area contributed by atoms with Crippen molar-refractivity contribution in [2.75, 3.05) is 13.1 Å². The standard InChI is InChI=1S/C20H19ClN2O4S/c1-3-23(4-2)28(25,26)17-11-7-15(8-12-17)19-22-18(20(24)27-19)13-14-5-9-16(21)10-6-14/h5-13H,3-4H2,1-2H3/b18-13-. The molecule has 28 heavy (non-hydrogen) atoms. The van der Waals surface area contributed by atoms with Crippen LogP contribution in [0.1, 0.15) is 25.0 Å². The Balaban J connectivity index is 1.86. The molecular weight excluding hydrogens is 400 g/mol. The molecule has 0 amide bonds. The van der Waals surface area contributed by atoms with Gasteiger partial charge in [-0.2, -0.15) is 4.31 Å². The maximum atomic E-state index is 12.6. The summed E-state index contributed by atoms with van der Waals surface area (Å²) >= 11 is 5.86. The van der Waals surface area contributed by atoms with Crippen LogP contribution in [0, 0.1) is 0 Å². The van der Waals surface area contributed by atoms with Gasteiger partial charge >= 0.3 is 5.97 Å². The monoisotopic (exact) mass is 418 g/mol. The molecule has 0 saturated carbocycles. The zero-order valence-corrected chi connectivity index (χ0v) is 17.0. The summed E-state index contributed by atoms with van der Waals surface area (Å²) in [6, 6.07) is 13.1.